The number of amides is 1. The molecule has 0 aromatic carbocycles. The smallest absolute Gasteiger partial charge is 0.272 e. The Morgan fingerprint density at radius 3 is 2.96 bits per heavy atom. The molecule has 0 unspecified atom stereocenters. The summed E-state index contributed by atoms with van der Waals surface area (Å²) < 4.78 is 1.91. The van der Waals surface area contributed by atoms with E-state index in [1.54, 1.807) is 0 Å². The average molecular weight is 316 g/mol. The van der Waals surface area contributed by atoms with E-state index in [1.807, 2.05) is 18.7 Å². The van der Waals surface area contributed by atoms with E-state index < -0.39 is 0 Å². The molecule has 0 fully saturated rings. The summed E-state index contributed by atoms with van der Waals surface area (Å²) in [7, 11) is 1.96. The maximum atomic E-state index is 12.3. The molecule has 0 aliphatic carbocycles. The van der Waals surface area contributed by atoms with Gasteiger partial charge < -0.3 is 10.6 Å². The highest BCUT2D eigenvalue weighted by atomic mass is 16.1. The van der Waals surface area contributed by atoms with Gasteiger partial charge in [-0.2, -0.15) is 10.2 Å². The van der Waals surface area contributed by atoms with Crippen molar-refractivity contribution in [3.63, 3.8) is 0 Å². The molecule has 3 rings (SSSR count). The number of aryl methyl sites for hydroxylation is 2. The van der Waals surface area contributed by atoms with E-state index in [0.717, 1.165) is 42.8 Å². The second-order valence-electron chi connectivity index (χ2n) is 6.09. The third-order valence-corrected chi connectivity index (χ3v) is 4.57. The highest BCUT2D eigenvalue weighted by Gasteiger charge is 2.21. The van der Waals surface area contributed by atoms with Crippen LogP contribution in [0.15, 0.2) is 0 Å². The van der Waals surface area contributed by atoms with Crippen molar-refractivity contribution in [2.24, 2.45) is 7.05 Å². The zero-order chi connectivity index (χ0) is 16.4. The number of hydrogen-bond donors (Lipinski definition) is 3. The monoisotopic (exact) mass is 316 g/mol. The molecule has 0 spiro atoms. The van der Waals surface area contributed by atoms with Gasteiger partial charge in [0.15, 0.2) is 5.69 Å². The van der Waals surface area contributed by atoms with Crippen LogP contribution >= 0.6 is 0 Å². The van der Waals surface area contributed by atoms with Crippen molar-refractivity contribution in [2.45, 2.75) is 39.7 Å². The summed E-state index contributed by atoms with van der Waals surface area (Å²) >= 11 is 0. The molecule has 23 heavy (non-hydrogen) atoms. The van der Waals surface area contributed by atoms with Crippen LogP contribution in [0.1, 0.15) is 45.1 Å². The van der Waals surface area contributed by atoms with Gasteiger partial charge in [-0.1, -0.05) is 0 Å². The molecule has 2 aromatic heterocycles. The number of nitrogens with zero attached hydrogens (tertiary/aromatic N) is 3. The summed E-state index contributed by atoms with van der Waals surface area (Å²) in [5, 5.41) is 17.8. The molecule has 1 amide bonds. The van der Waals surface area contributed by atoms with Crippen LogP contribution in [0.25, 0.3) is 0 Å². The third kappa shape index (κ3) is 3.14. The van der Waals surface area contributed by atoms with E-state index in [9.17, 15) is 4.79 Å². The number of carbonyl (C=O) groups is 1. The molecule has 0 saturated carbocycles. The van der Waals surface area contributed by atoms with Crippen LogP contribution in [0, 0.1) is 13.8 Å². The fourth-order valence-corrected chi connectivity index (χ4v) is 3.14. The van der Waals surface area contributed by atoms with E-state index in [4.69, 9.17) is 0 Å². The standard InChI is InChI=1S/C16H24N6O/c1-10-12(11(2)22(3)21-10)5-4-7-18-16(23)15-13-9-17-8-6-14(13)19-20-15/h17H,4-9H2,1-3H3,(H,18,23)(H,19,20). The number of nitrogens with one attached hydrogen (secondary N) is 3. The Hall–Kier alpha value is -2.15. The quantitative estimate of drug-likeness (QED) is 0.711. The molecule has 0 atom stereocenters. The van der Waals surface area contributed by atoms with Crippen LogP contribution in [0.3, 0.4) is 0 Å². The lowest BCUT2D eigenvalue weighted by Crippen LogP contribution is -2.29. The van der Waals surface area contributed by atoms with Crippen molar-refractivity contribution in [2.75, 3.05) is 13.1 Å². The first-order valence-electron chi connectivity index (χ1n) is 8.12. The maximum absolute atomic E-state index is 12.3. The number of rotatable bonds is 5. The normalized spacial score (nSPS) is 13.9. The van der Waals surface area contributed by atoms with Crippen molar-refractivity contribution in [1.29, 1.82) is 0 Å². The number of aromatic amines is 1. The highest BCUT2D eigenvalue weighted by molar-refractivity contribution is 5.94. The zero-order valence-electron chi connectivity index (χ0n) is 14.0. The second kappa shape index (κ2) is 6.54. The van der Waals surface area contributed by atoms with Gasteiger partial charge >= 0.3 is 0 Å². The number of aromatic nitrogens is 4. The van der Waals surface area contributed by atoms with Crippen LogP contribution in [0.5, 0.6) is 0 Å². The summed E-state index contributed by atoms with van der Waals surface area (Å²) in [5.74, 6) is -0.0918. The minimum absolute atomic E-state index is 0.0918. The first-order valence-corrected chi connectivity index (χ1v) is 8.12. The van der Waals surface area contributed by atoms with E-state index in [-0.39, 0.29) is 5.91 Å². The molecule has 1 aliphatic heterocycles. The average Bonchev–Trinajstić information content (AvgIpc) is 3.07. The zero-order valence-corrected chi connectivity index (χ0v) is 14.0. The van der Waals surface area contributed by atoms with Crippen molar-refractivity contribution in [3.8, 4) is 0 Å². The van der Waals surface area contributed by atoms with Crippen LogP contribution in [-0.2, 0) is 26.4 Å². The Morgan fingerprint density at radius 2 is 2.22 bits per heavy atom. The van der Waals surface area contributed by atoms with Gasteiger partial charge in [-0.05, 0) is 32.3 Å². The fraction of sp³-hybridized carbons (Fsp3) is 0.562. The minimum atomic E-state index is -0.0918. The van der Waals surface area contributed by atoms with Crippen LogP contribution in [-0.4, -0.2) is 39.0 Å². The summed E-state index contributed by atoms with van der Waals surface area (Å²) in [6.45, 7) is 6.39. The molecule has 0 radical (unpaired) electrons. The summed E-state index contributed by atoms with van der Waals surface area (Å²) in [6, 6.07) is 0. The number of H-pyrrole nitrogens is 1. The maximum Gasteiger partial charge on any atom is 0.272 e. The van der Waals surface area contributed by atoms with Gasteiger partial charge in [-0.15, -0.1) is 0 Å². The topological polar surface area (TPSA) is 87.6 Å². The van der Waals surface area contributed by atoms with E-state index >= 15 is 0 Å². The van der Waals surface area contributed by atoms with Crippen molar-refractivity contribution in [3.05, 3.63) is 33.9 Å². The van der Waals surface area contributed by atoms with Gasteiger partial charge in [0, 0.05) is 50.1 Å². The summed E-state index contributed by atoms with van der Waals surface area (Å²) in [4.78, 5) is 12.3. The Labute approximate surface area is 135 Å². The van der Waals surface area contributed by atoms with Gasteiger partial charge in [0.05, 0.1) is 5.69 Å². The Bertz CT molecular complexity index is 714. The lowest BCUT2D eigenvalue weighted by atomic mass is 10.1. The first-order chi connectivity index (χ1) is 11.1. The Morgan fingerprint density at radius 1 is 1.39 bits per heavy atom. The molecule has 3 N–H and O–H groups in total. The van der Waals surface area contributed by atoms with Gasteiger partial charge in [0.25, 0.3) is 5.91 Å². The molecule has 0 saturated heterocycles. The van der Waals surface area contributed by atoms with Crippen LogP contribution in [0.4, 0.5) is 0 Å². The van der Waals surface area contributed by atoms with Gasteiger partial charge in [-0.3, -0.25) is 14.6 Å². The molecule has 0 bridgehead atoms. The summed E-state index contributed by atoms with van der Waals surface area (Å²) in [6.07, 6.45) is 2.71. The van der Waals surface area contributed by atoms with E-state index in [2.05, 4.69) is 32.9 Å². The number of hydrogen-bond acceptors (Lipinski definition) is 4. The van der Waals surface area contributed by atoms with Crippen molar-refractivity contribution >= 4 is 5.91 Å². The molecule has 3 heterocycles. The lowest BCUT2D eigenvalue weighted by Gasteiger charge is -2.12. The van der Waals surface area contributed by atoms with Crippen LogP contribution < -0.4 is 10.6 Å². The molecule has 124 valence electrons. The second-order valence-corrected chi connectivity index (χ2v) is 6.09. The van der Waals surface area contributed by atoms with Gasteiger partial charge in [0.2, 0.25) is 0 Å². The third-order valence-electron chi connectivity index (χ3n) is 4.57. The first kappa shape index (κ1) is 15.7. The molecular formula is C16H24N6O. The van der Waals surface area contributed by atoms with Crippen LogP contribution in [0.2, 0.25) is 0 Å². The molecule has 1 aliphatic rings. The predicted molar refractivity (Wildman–Crippen MR) is 87.3 cm³/mol. The predicted octanol–water partition coefficient (Wildman–Crippen LogP) is 0.768. The fourth-order valence-electron chi connectivity index (χ4n) is 3.14. The SMILES string of the molecule is Cc1nn(C)c(C)c1CCCNC(=O)c1n[nH]c2c1CNCC2. The largest absolute Gasteiger partial charge is 0.351 e. The van der Waals surface area contributed by atoms with Gasteiger partial charge in [-0.25, -0.2) is 0 Å². The van der Waals surface area contributed by atoms with Crippen molar-refractivity contribution in [1.82, 2.24) is 30.6 Å². The molecular weight excluding hydrogens is 292 g/mol. The van der Waals surface area contributed by atoms with Crippen molar-refractivity contribution < 1.29 is 4.79 Å². The Balaban J connectivity index is 1.53. The number of carbonyl (C=O) groups excluding carboxylic acids is 1. The minimum Gasteiger partial charge on any atom is -0.351 e. The van der Waals surface area contributed by atoms with E-state index in [0.29, 0.717) is 18.8 Å². The molecule has 2 aromatic rings. The number of fused-ring (bicyclic) bond motifs is 1. The molecule has 7 nitrogen and oxygen atoms in total. The van der Waals surface area contributed by atoms with E-state index in [1.165, 1.54) is 11.3 Å². The Kier molecular flexibility index (Phi) is 4.47. The summed E-state index contributed by atoms with van der Waals surface area (Å²) in [5.41, 5.74) is 6.16. The highest BCUT2D eigenvalue weighted by Crippen LogP contribution is 2.16. The van der Waals surface area contributed by atoms with Gasteiger partial charge in [0.1, 0.15) is 0 Å². The molecule has 7 heteroatoms. The lowest BCUT2D eigenvalue weighted by molar-refractivity contribution is 0.0947.